The minimum atomic E-state index is -4.86. The fourth-order valence-corrected chi connectivity index (χ4v) is 5.08. The summed E-state index contributed by atoms with van der Waals surface area (Å²) < 4.78 is 43.5. The van der Waals surface area contributed by atoms with E-state index in [0.717, 1.165) is 23.0 Å². The first kappa shape index (κ1) is 26.8. The number of rotatable bonds is 7. The Hall–Kier alpha value is -4.80. The lowest BCUT2D eigenvalue weighted by atomic mass is 10.1. The molecule has 40 heavy (non-hydrogen) atoms. The summed E-state index contributed by atoms with van der Waals surface area (Å²) >= 11 is 0. The fourth-order valence-electron chi connectivity index (χ4n) is 5.08. The van der Waals surface area contributed by atoms with Crippen molar-refractivity contribution >= 4 is 34.3 Å². The van der Waals surface area contributed by atoms with Crippen molar-refractivity contribution in [1.82, 2.24) is 9.47 Å². The molecule has 1 saturated heterocycles. The Bertz CT molecular complexity index is 1600. The molecule has 0 bridgehead atoms. The number of likely N-dealkylation sites (tertiary alicyclic amines) is 1. The fraction of sp³-hybridized carbons (Fsp3) is 0.207. The minimum Gasteiger partial charge on any atom is -0.406 e. The molecule has 1 fully saturated rings. The summed E-state index contributed by atoms with van der Waals surface area (Å²) in [5.41, 5.74) is 8.14. The number of carbonyl (C=O) groups excluding carboxylic acids is 3. The van der Waals surface area contributed by atoms with Gasteiger partial charge in [0, 0.05) is 29.9 Å². The molecule has 4 aromatic rings. The molecule has 3 N–H and O–H groups in total. The Balaban J connectivity index is 1.36. The molecule has 1 aromatic heterocycles. The second-order valence-corrected chi connectivity index (χ2v) is 9.41. The van der Waals surface area contributed by atoms with Crippen LogP contribution in [-0.4, -0.2) is 46.1 Å². The van der Waals surface area contributed by atoms with Gasteiger partial charge in [0.1, 0.15) is 11.8 Å². The lowest BCUT2D eigenvalue weighted by Gasteiger charge is -2.24. The van der Waals surface area contributed by atoms with Crippen LogP contribution in [0.15, 0.2) is 79.0 Å². The summed E-state index contributed by atoms with van der Waals surface area (Å²) in [7, 11) is 0. The van der Waals surface area contributed by atoms with Crippen molar-refractivity contribution in [1.29, 1.82) is 0 Å². The van der Waals surface area contributed by atoms with Crippen LogP contribution in [0.2, 0.25) is 0 Å². The predicted octanol–water partition coefficient (Wildman–Crippen LogP) is 4.80. The van der Waals surface area contributed by atoms with E-state index in [2.05, 4.69) is 10.1 Å². The quantitative estimate of drug-likeness (QED) is 0.345. The van der Waals surface area contributed by atoms with Gasteiger partial charge < -0.3 is 25.3 Å². The van der Waals surface area contributed by atoms with E-state index in [4.69, 9.17) is 5.73 Å². The Morgan fingerprint density at radius 1 is 1.00 bits per heavy atom. The molecule has 0 spiro atoms. The van der Waals surface area contributed by atoms with E-state index in [-0.39, 0.29) is 18.0 Å². The molecule has 1 aliphatic heterocycles. The topological polar surface area (TPSA) is 107 Å². The standard InChI is InChI=1S/C29H25F3N4O4/c30-29(31,32)40-20-8-5-7-19(16-20)34-28(39)25-13-6-14-35(25)26(37)15-18-17-36(23-11-3-1-9-21(18)23)24-12-4-2-10-22(24)27(33)38/h1-5,7-12,16-17,25H,6,13-15H2,(H2,33,38)(H,34,39). The number of benzene rings is 3. The van der Waals surface area contributed by atoms with Crippen LogP contribution in [0.25, 0.3) is 16.6 Å². The van der Waals surface area contributed by atoms with E-state index in [1.54, 1.807) is 30.5 Å². The highest BCUT2D eigenvalue weighted by molar-refractivity contribution is 6.00. The number of nitrogens with two attached hydrogens (primary N) is 1. The Kier molecular flexibility index (Phi) is 7.20. The zero-order valence-electron chi connectivity index (χ0n) is 21.1. The number of ether oxygens (including phenoxy) is 1. The van der Waals surface area contributed by atoms with Crippen LogP contribution in [0.1, 0.15) is 28.8 Å². The normalized spacial score (nSPS) is 15.3. The SMILES string of the molecule is NC(=O)c1ccccc1-n1cc(CC(=O)N2CCCC2C(=O)Nc2cccc(OC(F)(F)F)c2)c2ccccc21. The second kappa shape index (κ2) is 10.8. The van der Waals surface area contributed by atoms with Crippen LogP contribution in [0.3, 0.4) is 0 Å². The van der Waals surface area contributed by atoms with Gasteiger partial charge in [0.05, 0.1) is 23.2 Å². The van der Waals surface area contributed by atoms with Gasteiger partial charge in [0.15, 0.2) is 0 Å². The maximum Gasteiger partial charge on any atom is 0.573 e. The van der Waals surface area contributed by atoms with E-state index >= 15 is 0 Å². The molecule has 206 valence electrons. The molecule has 1 atom stereocenters. The van der Waals surface area contributed by atoms with Crippen molar-refractivity contribution in [2.75, 3.05) is 11.9 Å². The highest BCUT2D eigenvalue weighted by Crippen LogP contribution is 2.29. The molecule has 11 heteroatoms. The number of carbonyl (C=O) groups is 3. The van der Waals surface area contributed by atoms with Crippen molar-refractivity contribution in [3.63, 3.8) is 0 Å². The lowest BCUT2D eigenvalue weighted by molar-refractivity contribution is -0.274. The number of aromatic nitrogens is 1. The van der Waals surface area contributed by atoms with Crippen LogP contribution >= 0.6 is 0 Å². The second-order valence-electron chi connectivity index (χ2n) is 9.41. The molecule has 3 aromatic carbocycles. The van der Waals surface area contributed by atoms with Gasteiger partial charge in [-0.15, -0.1) is 13.2 Å². The molecule has 3 amide bonds. The van der Waals surface area contributed by atoms with Crippen molar-refractivity contribution in [3.05, 3.63) is 90.1 Å². The van der Waals surface area contributed by atoms with Gasteiger partial charge in [-0.2, -0.15) is 0 Å². The van der Waals surface area contributed by atoms with E-state index in [1.807, 2.05) is 28.8 Å². The minimum absolute atomic E-state index is 0.00490. The summed E-state index contributed by atoms with van der Waals surface area (Å²) in [6.07, 6.45) is -2.03. The smallest absolute Gasteiger partial charge is 0.406 e. The Morgan fingerprint density at radius 2 is 1.75 bits per heavy atom. The Morgan fingerprint density at radius 3 is 2.52 bits per heavy atom. The number of primary amides is 1. The number of alkyl halides is 3. The summed E-state index contributed by atoms with van der Waals surface area (Å²) in [6.45, 7) is 0.372. The summed E-state index contributed by atoms with van der Waals surface area (Å²) in [5.74, 6) is -1.79. The third-order valence-electron chi connectivity index (χ3n) is 6.78. The van der Waals surface area contributed by atoms with Crippen molar-refractivity contribution in [2.45, 2.75) is 31.7 Å². The van der Waals surface area contributed by atoms with Gasteiger partial charge >= 0.3 is 6.36 Å². The maximum atomic E-state index is 13.5. The number of hydrogen-bond donors (Lipinski definition) is 2. The van der Waals surface area contributed by atoms with Crippen LogP contribution in [0, 0.1) is 0 Å². The first-order chi connectivity index (χ1) is 19.1. The molecular formula is C29H25F3N4O4. The largest absolute Gasteiger partial charge is 0.573 e. The number of para-hydroxylation sites is 2. The molecule has 2 heterocycles. The molecule has 0 saturated carbocycles. The molecule has 1 aliphatic rings. The van der Waals surface area contributed by atoms with Gasteiger partial charge in [-0.3, -0.25) is 14.4 Å². The number of nitrogens with one attached hydrogen (secondary N) is 1. The van der Waals surface area contributed by atoms with Crippen LogP contribution < -0.4 is 15.8 Å². The average molecular weight is 551 g/mol. The molecule has 8 nitrogen and oxygen atoms in total. The van der Waals surface area contributed by atoms with Crippen molar-refractivity contribution in [2.24, 2.45) is 5.73 Å². The first-order valence-corrected chi connectivity index (χ1v) is 12.5. The van der Waals surface area contributed by atoms with Gasteiger partial charge in [0.2, 0.25) is 11.8 Å². The van der Waals surface area contributed by atoms with E-state index in [9.17, 15) is 27.6 Å². The van der Waals surface area contributed by atoms with Gasteiger partial charge in [0.25, 0.3) is 5.91 Å². The van der Waals surface area contributed by atoms with E-state index < -0.39 is 30.0 Å². The average Bonchev–Trinajstić information content (AvgIpc) is 3.54. The third-order valence-corrected chi connectivity index (χ3v) is 6.78. The summed E-state index contributed by atoms with van der Waals surface area (Å²) in [5, 5.41) is 3.42. The van der Waals surface area contributed by atoms with E-state index in [0.29, 0.717) is 36.2 Å². The van der Waals surface area contributed by atoms with Gasteiger partial charge in [-0.25, -0.2) is 0 Å². The molecule has 0 radical (unpaired) electrons. The highest BCUT2D eigenvalue weighted by Gasteiger charge is 2.35. The summed E-state index contributed by atoms with van der Waals surface area (Å²) in [6, 6.07) is 18.6. The highest BCUT2D eigenvalue weighted by atomic mass is 19.4. The maximum absolute atomic E-state index is 13.5. The monoisotopic (exact) mass is 550 g/mol. The predicted molar refractivity (Wildman–Crippen MR) is 142 cm³/mol. The summed E-state index contributed by atoms with van der Waals surface area (Å²) in [4.78, 5) is 40.1. The van der Waals surface area contributed by atoms with Gasteiger partial charge in [-0.05, 0) is 48.7 Å². The number of anilines is 1. The lowest BCUT2D eigenvalue weighted by Crippen LogP contribution is -2.43. The van der Waals surface area contributed by atoms with Crippen molar-refractivity contribution in [3.8, 4) is 11.4 Å². The zero-order valence-corrected chi connectivity index (χ0v) is 21.1. The molecular weight excluding hydrogens is 525 g/mol. The number of fused-ring (bicyclic) bond motifs is 1. The third kappa shape index (κ3) is 5.63. The van der Waals surface area contributed by atoms with Gasteiger partial charge in [-0.1, -0.05) is 36.4 Å². The van der Waals surface area contributed by atoms with E-state index in [1.165, 1.54) is 17.0 Å². The van der Waals surface area contributed by atoms with Crippen molar-refractivity contribution < 1.29 is 32.3 Å². The molecule has 1 unspecified atom stereocenters. The first-order valence-electron chi connectivity index (χ1n) is 12.5. The molecule has 0 aliphatic carbocycles. The number of hydrogen-bond acceptors (Lipinski definition) is 4. The van der Waals surface area contributed by atoms with Crippen LogP contribution in [0.5, 0.6) is 5.75 Å². The number of halogens is 3. The zero-order chi connectivity index (χ0) is 28.4. The number of amides is 3. The van der Waals surface area contributed by atoms with Crippen LogP contribution in [0.4, 0.5) is 18.9 Å². The number of nitrogens with zero attached hydrogens (tertiary/aromatic N) is 2. The molecule has 5 rings (SSSR count). The Labute approximate surface area is 227 Å². The van der Waals surface area contributed by atoms with Crippen LogP contribution in [-0.2, 0) is 16.0 Å².